The number of aromatic nitrogens is 2. The average molecular weight is 378 g/mol. The summed E-state index contributed by atoms with van der Waals surface area (Å²) in [7, 11) is 1.62. The number of amides is 1. The molecule has 144 valence electrons. The second-order valence-electron chi connectivity index (χ2n) is 6.07. The van der Waals surface area contributed by atoms with E-state index in [4.69, 9.17) is 9.47 Å². The Morgan fingerprint density at radius 2 is 1.75 bits per heavy atom. The van der Waals surface area contributed by atoms with E-state index in [1.165, 1.54) is 12.4 Å². The predicted molar refractivity (Wildman–Crippen MR) is 108 cm³/mol. The van der Waals surface area contributed by atoms with Crippen molar-refractivity contribution < 1.29 is 14.3 Å². The van der Waals surface area contributed by atoms with Crippen molar-refractivity contribution in [2.24, 2.45) is 0 Å². The highest BCUT2D eigenvalue weighted by Crippen LogP contribution is 2.16. The molecule has 0 spiro atoms. The van der Waals surface area contributed by atoms with Gasteiger partial charge in [-0.2, -0.15) is 0 Å². The molecule has 0 aliphatic rings. The molecule has 0 aliphatic carbocycles. The van der Waals surface area contributed by atoms with E-state index in [0.29, 0.717) is 24.7 Å². The Morgan fingerprint density at radius 1 is 1.04 bits per heavy atom. The van der Waals surface area contributed by atoms with Crippen LogP contribution >= 0.6 is 0 Å². The van der Waals surface area contributed by atoms with Crippen LogP contribution in [-0.4, -0.2) is 36.1 Å². The number of nitrogens with one attached hydrogen (secondary N) is 2. The van der Waals surface area contributed by atoms with Gasteiger partial charge in [0.2, 0.25) is 5.95 Å². The lowest BCUT2D eigenvalue weighted by Crippen LogP contribution is -2.15. The van der Waals surface area contributed by atoms with Crippen molar-refractivity contribution in [2.45, 2.75) is 6.92 Å². The molecule has 1 amide bonds. The van der Waals surface area contributed by atoms with Gasteiger partial charge in [0.1, 0.15) is 18.1 Å². The molecule has 2 aromatic carbocycles. The zero-order valence-corrected chi connectivity index (χ0v) is 15.8. The fraction of sp³-hybridized carbons (Fsp3) is 0.190. The van der Waals surface area contributed by atoms with Gasteiger partial charge >= 0.3 is 0 Å². The van der Waals surface area contributed by atoms with Crippen molar-refractivity contribution in [3.05, 3.63) is 72.1 Å². The fourth-order valence-corrected chi connectivity index (χ4v) is 2.47. The van der Waals surface area contributed by atoms with Crippen LogP contribution in [-0.2, 0) is 0 Å². The van der Waals surface area contributed by atoms with Crippen molar-refractivity contribution in [3.63, 3.8) is 0 Å². The first-order valence-electron chi connectivity index (χ1n) is 8.85. The normalized spacial score (nSPS) is 10.2. The molecule has 0 bridgehead atoms. The summed E-state index contributed by atoms with van der Waals surface area (Å²) < 4.78 is 10.7. The third-order valence-electron chi connectivity index (χ3n) is 3.90. The third kappa shape index (κ3) is 5.44. The minimum Gasteiger partial charge on any atom is -0.497 e. The molecule has 0 fully saturated rings. The van der Waals surface area contributed by atoms with Crippen LogP contribution in [0.1, 0.15) is 15.9 Å². The summed E-state index contributed by atoms with van der Waals surface area (Å²) in [4.78, 5) is 20.6. The Bertz CT molecular complexity index is 912. The number of carbonyl (C=O) groups excluding carboxylic acids is 1. The Labute approximate surface area is 163 Å². The van der Waals surface area contributed by atoms with Gasteiger partial charge in [-0.25, -0.2) is 9.97 Å². The molecule has 28 heavy (non-hydrogen) atoms. The molecule has 0 saturated carbocycles. The van der Waals surface area contributed by atoms with E-state index in [-0.39, 0.29) is 5.91 Å². The quantitative estimate of drug-likeness (QED) is 0.583. The zero-order valence-electron chi connectivity index (χ0n) is 15.8. The van der Waals surface area contributed by atoms with E-state index >= 15 is 0 Å². The van der Waals surface area contributed by atoms with Crippen LogP contribution in [0.4, 0.5) is 11.6 Å². The van der Waals surface area contributed by atoms with Crippen LogP contribution in [0, 0.1) is 6.92 Å². The highest BCUT2D eigenvalue weighted by atomic mass is 16.5. The fourth-order valence-electron chi connectivity index (χ4n) is 2.47. The number of hydrogen-bond acceptors (Lipinski definition) is 6. The highest BCUT2D eigenvalue weighted by Gasteiger charge is 2.08. The second kappa shape index (κ2) is 9.36. The number of methoxy groups -OCH3 is 1. The van der Waals surface area contributed by atoms with Gasteiger partial charge in [-0.05, 0) is 48.9 Å². The van der Waals surface area contributed by atoms with E-state index in [9.17, 15) is 4.79 Å². The molecule has 7 heteroatoms. The van der Waals surface area contributed by atoms with Crippen LogP contribution in [0.2, 0.25) is 0 Å². The summed E-state index contributed by atoms with van der Waals surface area (Å²) in [5.74, 6) is 1.72. The van der Waals surface area contributed by atoms with Crippen molar-refractivity contribution in [1.29, 1.82) is 0 Å². The summed E-state index contributed by atoms with van der Waals surface area (Å²) in [6.45, 7) is 2.95. The number of ether oxygens (including phenoxy) is 2. The predicted octanol–water partition coefficient (Wildman–Crippen LogP) is 3.54. The van der Waals surface area contributed by atoms with Crippen molar-refractivity contribution >= 4 is 17.5 Å². The Kier molecular flexibility index (Phi) is 6.41. The maximum atomic E-state index is 12.3. The smallest absolute Gasteiger partial charge is 0.258 e. The lowest BCUT2D eigenvalue weighted by Gasteiger charge is -2.09. The van der Waals surface area contributed by atoms with Gasteiger partial charge in [0.05, 0.1) is 19.2 Å². The largest absolute Gasteiger partial charge is 0.497 e. The van der Waals surface area contributed by atoms with Gasteiger partial charge in [-0.3, -0.25) is 4.79 Å². The second-order valence-corrected chi connectivity index (χ2v) is 6.07. The molecule has 7 nitrogen and oxygen atoms in total. The number of carbonyl (C=O) groups is 1. The van der Waals surface area contributed by atoms with E-state index in [1.807, 2.05) is 55.5 Å². The van der Waals surface area contributed by atoms with Gasteiger partial charge in [0.15, 0.2) is 0 Å². The molecule has 2 N–H and O–H groups in total. The number of benzene rings is 2. The lowest BCUT2D eigenvalue weighted by molar-refractivity contribution is 0.102. The van der Waals surface area contributed by atoms with Gasteiger partial charge in [-0.1, -0.05) is 12.1 Å². The van der Waals surface area contributed by atoms with Gasteiger partial charge in [-0.15, -0.1) is 0 Å². The van der Waals surface area contributed by atoms with Gasteiger partial charge < -0.3 is 20.1 Å². The molecule has 3 rings (SSSR count). The summed E-state index contributed by atoms with van der Waals surface area (Å²) >= 11 is 0. The van der Waals surface area contributed by atoms with E-state index in [1.54, 1.807) is 7.11 Å². The van der Waals surface area contributed by atoms with E-state index < -0.39 is 0 Å². The zero-order chi connectivity index (χ0) is 19.8. The summed E-state index contributed by atoms with van der Waals surface area (Å²) in [6, 6.07) is 15.0. The minimum absolute atomic E-state index is 0.250. The lowest BCUT2D eigenvalue weighted by atomic mass is 10.2. The first-order valence-corrected chi connectivity index (χ1v) is 8.85. The van der Waals surface area contributed by atoms with Crippen LogP contribution in [0.25, 0.3) is 0 Å². The van der Waals surface area contributed by atoms with Crippen molar-refractivity contribution in [2.75, 3.05) is 30.9 Å². The summed E-state index contributed by atoms with van der Waals surface area (Å²) in [5, 5.41) is 5.89. The number of rotatable bonds is 8. The van der Waals surface area contributed by atoms with Crippen LogP contribution < -0.4 is 20.1 Å². The van der Waals surface area contributed by atoms with Crippen LogP contribution in [0.5, 0.6) is 11.5 Å². The number of aryl methyl sites for hydroxylation is 1. The van der Waals surface area contributed by atoms with Crippen molar-refractivity contribution in [1.82, 2.24) is 9.97 Å². The first-order chi connectivity index (χ1) is 13.6. The van der Waals surface area contributed by atoms with Gasteiger partial charge in [0.25, 0.3) is 5.91 Å². The average Bonchev–Trinajstić information content (AvgIpc) is 2.72. The molecule has 0 saturated heterocycles. The summed E-state index contributed by atoms with van der Waals surface area (Å²) in [6.07, 6.45) is 2.98. The molecule has 1 heterocycles. The van der Waals surface area contributed by atoms with Crippen LogP contribution in [0.15, 0.2) is 60.9 Å². The summed E-state index contributed by atoms with van der Waals surface area (Å²) in [5.41, 5.74) is 2.20. The molecular weight excluding hydrogens is 356 g/mol. The molecular formula is C21H22N4O3. The van der Waals surface area contributed by atoms with E-state index in [0.717, 1.165) is 22.7 Å². The molecule has 1 aromatic heterocycles. The highest BCUT2D eigenvalue weighted by molar-refractivity contribution is 6.03. The number of hydrogen-bond donors (Lipinski definition) is 2. The maximum absolute atomic E-state index is 12.3. The maximum Gasteiger partial charge on any atom is 0.258 e. The van der Waals surface area contributed by atoms with Gasteiger partial charge in [0, 0.05) is 18.1 Å². The Morgan fingerprint density at radius 3 is 2.43 bits per heavy atom. The molecule has 0 unspecified atom stereocenters. The Balaban J connectivity index is 1.45. The standard InChI is InChI=1S/C21H22N4O3/c1-15-4-3-5-17(12-15)25-20(26)16-13-23-21(24-14-16)22-10-11-28-19-8-6-18(27-2)7-9-19/h3-9,12-14H,10-11H2,1-2H3,(H,25,26)(H,22,23,24). The molecule has 3 aromatic rings. The monoisotopic (exact) mass is 378 g/mol. The SMILES string of the molecule is COc1ccc(OCCNc2ncc(C(=O)Nc3cccc(C)c3)cn2)cc1. The Hall–Kier alpha value is -3.61. The van der Waals surface area contributed by atoms with Crippen LogP contribution in [0.3, 0.4) is 0 Å². The topological polar surface area (TPSA) is 85.4 Å². The minimum atomic E-state index is -0.250. The third-order valence-corrected chi connectivity index (χ3v) is 3.90. The molecule has 0 aliphatic heterocycles. The molecule has 0 atom stereocenters. The molecule has 0 radical (unpaired) electrons. The first kappa shape index (κ1) is 19.2. The van der Waals surface area contributed by atoms with Crippen molar-refractivity contribution in [3.8, 4) is 11.5 Å². The number of anilines is 2. The van der Waals surface area contributed by atoms with E-state index in [2.05, 4.69) is 20.6 Å². The number of nitrogens with zero attached hydrogens (tertiary/aromatic N) is 2.